The van der Waals surface area contributed by atoms with E-state index in [1.54, 1.807) is 17.5 Å². The topological polar surface area (TPSA) is 62.3 Å². The Balaban J connectivity index is 1.65. The van der Waals surface area contributed by atoms with Gasteiger partial charge >= 0.3 is 0 Å². The second kappa shape index (κ2) is 7.95. The lowest BCUT2D eigenvalue weighted by molar-refractivity contribution is -0.131. The first-order valence-electron chi connectivity index (χ1n) is 8.74. The number of halogens is 1. The fourth-order valence-electron chi connectivity index (χ4n) is 3.05. The van der Waals surface area contributed by atoms with Gasteiger partial charge in [-0.2, -0.15) is 0 Å². The van der Waals surface area contributed by atoms with E-state index in [4.69, 9.17) is 0 Å². The van der Waals surface area contributed by atoms with Crippen LogP contribution in [0.25, 0.3) is 0 Å². The fraction of sp³-hybridized carbons (Fsp3) is 0.421. The van der Waals surface area contributed by atoms with E-state index >= 15 is 0 Å². The number of hydrogen-bond acceptors (Lipinski definition) is 4. The highest BCUT2D eigenvalue weighted by atomic mass is 32.1. The van der Waals surface area contributed by atoms with Gasteiger partial charge in [0.1, 0.15) is 5.82 Å². The van der Waals surface area contributed by atoms with Crippen molar-refractivity contribution in [2.75, 3.05) is 11.9 Å². The Hall–Kier alpha value is -2.28. The molecule has 2 amide bonds. The van der Waals surface area contributed by atoms with Gasteiger partial charge in [-0.25, -0.2) is 9.37 Å². The molecular weight excluding hydrogens is 353 g/mol. The number of hydrogen-bond donors (Lipinski definition) is 1. The molecule has 2 aromatic rings. The average molecular weight is 375 g/mol. The van der Waals surface area contributed by atoms with Crippen molar-refractivity contribution in [1.29, 1.82) is 0 Å². The molecule has 0 spiro atoms. The second-order valence-corrected chi connectivity index (χ2v) is 7.62. The lowest BCUT2D eigenvalue weighted by Gasteiger charge is -2.25. The largest absolute Gasteiger partial charge is 0.335 e. The van der Waals surface area contributed by atoms with Gasteiger partial charge < -0.3 is 10.2 Å². The van der Waals surface area contributed by atoms with Crippen molar-refractivity contribution in [3.63, 3.8) is 0 Å². The quantitative estimate of drug-likeness (QED) is 0.865. The zero-order chi connectivity index (χ0) is 18.7. The minimum Gasteiger partial charge on any atom is -0.335 e. The summed E-state index contributed by atoms with van der Waals surface area (Å²) < 4.78 is 13.1. The van der Waals surface area contributed by atoms with Crippen LogP contribution < -0.4 is 5.32 Å². The van der Waals surface area contributed by atoms with Crippen LogP contribution in [-0.4, -0.2) is 28.2 Å². The van der Waals surface area contributed by atoms with Crippen LogP contribution in [0.4, 0.5) is 9.52 Å². The summed E-state index contributed by atoms with van der Waals surface area (Å²) in [5.41, 5.74) is 1.62. The monoisotopic (exact) mass is 375 g/mol. The molecule has 1 N–H and O–H groups in total. The van der Waals surface area contributed by atoms with Gasteiger partial charge in [-0.15, -0.1) is 11.3 Å². The predicted octanol–water partition coefficient (Wildman–Crippen LogP) is 3.78. The molecule has 1 aliphatic heterocycles. The highest BCUT2D eigenvalue weighted by molar-refractivity contribution is 7.13. The lowest BCUT2D eigenvalue weighted by atomic mass is 10.0. The average Bonchev–Trinajstić information content (AvgIpc) is 3.25. The van der Waals surface area contributed by atoms with Crippen LogP contribution in [0.3, 0.4) is 0 Å². The molecule has 7 heteroatoms. The van der Waals surface area contributed by atoms with Crippen LogP contribution in [0.1, 0.15) is 44.0 Å². The summed E-state index contributed by atoms with van der Waals surface area (Å²) >= 11 is 1.32. The molecule has 1 unspecified atom stereocenters. The van der Waals surface area contributed by atoms with Gasteiger partial charge in [0.2, 0.25) is 11.8 Å². The molecule has 0 bridgehead atoms. The van der Waals surface area contributed by atoms with E-state index in [0.717, 1.165) is 18.4 Å². The summed E-state index contributed by atoms with van der Waals surface area (Å²) in [7, 11) is 0. The normalized spacial score (nSPS) is 16.9. The van der Waals surface area contributed by atoms with Crippen molar-refractivity contribution in [2.24, 2.45) is 5.92 Å². The minimum absolute atomic E-state index is 0.00358. The number of likely N-dealkylation sites (tertiary alicyclic amines) is 1. The number of carbonyl (C=O) groups excluding carboxylic acids is 2. The molecule has 1 atom stereocenters. The second-order valence-electron chi connectivity index (χ2n) is 6.76. The Morgan fingerprint density at radius 2 is 2.08 bits per heavy atom. The van der Waals surface area contributed by atoms with Crippen molar-refractivity contribution in [3.8, 4) is 0 Å². The van der Waals surface area contributed by atoms with Crippen molar-refractivity contribution in [3.05, 3.63) is 46.7 Å². The summed E-state index contributed by atoms with van der Waals surface area (Å²) in [5.74, 6) is -0.481. The van der Waals surface area contributed by atoms with Gasteiger partial charge in [0, 0.05) is 17.8 Å². The molecule has 3 rings (SSSR count). The molecule has 1 saturated heterocycles. The van der Waals surface area contributed by atoms with E-state index < -0.39 is 0 Å². The first-order valence-corrected chi connectivity index (χ1v) is 9.62. The number of nitrogens with one attached hydrogen (secondary N) is 1. The third-order valence-corrected chi connectivity index (χ3v) is 5.27. The van der Waals surface area contributed by atoms with E-state index in [1.165, 1.54) is 23.5 Å². The van der Waals surface area contributed by atoms with Crippen LogP contribution >= 0.6 is 11.3 Å². The molecule has 0 aliphatic carbocycles. The standard InChI is InChI=1S/C19H22FN3O2S/c1-12(2)18(25)22-19-21-15(11-26-19)10-17(24)23-9-3-4-16(23)13-5-7-14(20)8-6-13/h5-8,11-12,16H,3-4,9-10H2,1-2H3,(H,21,22,25). The molecule has 1 aromatic heterocycles. The number of thiazole rings is 1. The van der Waals surface area contributed by atoms with Crippen LogP contribution in [0.2, 0.25) is 0 Å². The number of nitrogens with zero attached hydrogens (tertiary/aromatic N) is 2. The van der Waals surface area contributed by atoms with Gasteiger partial charge in [-0.05, 0) is 30.5 Å². The number of amides is 2. The minimum atomic E-state index is -0.275. The molecule has 1 aromatic carbocycles. The number of rotatable bonds is 5. The summed E-state index contributed by atoms with van der Waals surface area (Å²) in [6.45, 7) is 4.33. The van der Waals surface area contributed by atoms with Crippen LogP contribution in [0.15, 0.2) is 29.6 Å². The molecule has 0 radical (unpaired) electrons. The van der Waals surface area contributed by atoms with Gasteiger partial charge in [0.05, 0.1) is 18.2 Å². The Morgan fingerprint density at radius 1 is 1.35 bits per heavy atom. The number of anilines is 1. The maximum Gasteiger partial charge on any atom is 0.229 e. The highest BCUT2D eigenvalue weighted by Gasteiger charge is 2.30. The Kier molecular flexibility index (Phi) is 5.66. The van der Waals surface area contributed by atoms with Crippen LogP contribution in [0, 0.1) is 11.7 Å². The van der Waals surface area contributed by atoms with Gasteiger partial charge in [-0.1, -0.05) is 26.0 Å². The molecular formula is C19H22FN3O2S. The molecule has 138 valence electrons. The zero-order valence-corrected chi connectivity index (χ0v) is 15.7. The smallest absolute Gasteiger partial charge is 0.229 e. The fourth-order valence-corrected chi connectivity index (χ4v) is 3.76. The molecule has 1 aliphatic rings. The third kappa shape index (κ3) is 4.27. The van der Waals surface area contributed by atoms with Crippen LogP contribution in [0.5, 0.6) is 0 Å². The van der Waals surface area contributed by atoms with E-state index in [1.807, 2.05) is 18.7 Å². The summed E-state index contributed by atoms with van der Waals surface area (Å²) in [6, 6.07) is 6.34. The highest BCUT2D eigenvalue weighted by Crippen LogP contribution is 2.32. The maximum absolute atomic E-state index is 13.1. The van der Waals surface area contributed by atoms with Crippen molar-refractivity contribution in [1.82, 2.24) is 9.88 Å². The Labute approximate surface area is 156 Å². The predicted molar refractivity (Wildman–Crippen MR) is 99.4 cm³/mol. The first-order chi connectivity index (χ1) is 12.4. The van der Waals surface area contributed by atoms with E-state index in [-0.39, 0.29) is 36.0 Å². The molecule has 26 heavy (non-hydrogen) atoms. The maximum atomic E-state index is 13.1. The summed E-state index contributed by atoms with van der Waals surface area (Å²) in [5, 5.41) is 5.07. The zero-order valence-electron chi connectivity index (χ0n) is 14.9. The Bertz CT molecular complexity index is 788. The summed E-state index contributed by atoms with van der Waals surface area (Å²) in [4.78, 5) is 30.7. The number of aromatic nitrogens is 1. The van der Waals surface area contributed by atoms with Crippen molar-refractivity contribution >= 4 is 28.3 Å². The van der Waals surface area contributed by atoms with E-state index in [9.17, 15) is 14.0 Å². The van der Waals surface area contributed by atoms with Gasteiger partial charge in [0.15, 0.2) is 5.13 Å². The lowest BCUT2D eigenvalue weighted by Crippen LogP contribution is -2.31. The summed E-state index contributed by atoms with van der Waals surface area (Å²) in [6.07, 6.45) is 2.01. The van der Waals surface area contributed by atoms with Crippen molar-refractivity contribution in [2.45, 2.75) is 39.2 Å². The van der Waals surface area contributed by atoms with Gasteiger partial charge in [-0.3, -0.25) is 9.59 Å². The third-order valence-electron chi connectivity index (χ3n) is 4.47. The van der Waals surface area contributed by atoms with Crippen LogP contribution in [-0.2, 0) is 16.0 Å². The molecule has 1 fully saturated rings. The van der Waals surface area contributed by atoms with E-state index in [2.05, 4.69) is 10.3 Å². The number of benzene rings is 1. The SMILES string of the molecule is CC(C)C(=O)Nc1nc(CC(=O)N2CCCC2c2ccc(F)cc2)cs1. The number of carbonyl (C=O) groups is 2. The molecule has 2 heterocycles. The Morgan fingerprint density at radius 3 is 2.77 bits per heavy atom. The van der Waals surface area contributed by atoms with E-state index in [0.29, 0.717) is 17.4 Å². The van der Waals surface area contributed by atoms with Gasteiger partial charge in [0.25, 0.3) is 0 Å². The first kappa shape index (κ1) is 18.5. The molecule has 0 saturated carbocycles. The molecule has 5 nitrogen and oxygen atoms in total. The van der Waals surface area contributed by atoms with Crippen molar-refractivity contribution < 1.29 is 14.0 Å².